The van der Waals surface area contributed by atoms with Crippen molar-refractivity contribution in [1.29, 1.82) is 0 Å². The van der Waals surface area contributed by atoms with Crippen molar-refractivity contribution < 1.29 is 4.42 Å². The number of hydrogen-bond acceptors (Lipinski definition) is 5. The van der Waals surface area contributed by atoms with Gasteiger partial charge in [0.2, 0.25) is 5.89 Å². The molecular formula is C15H16N4O2. The Kier molecular flexibility index (Phi) is 3.53. The van der Waals surface area contributed by atoms with Crippen molar-refractivity contribution in [2.24, 2.45) is 0 Å². The third-order valence-electron chi connectivity index (χ3n) is 3.28. The molecule has 0 bridgehead atoms. The lowest BCUT2D eigenvalue weighted by molar-refractivity contribution is 0.448. The molecule has 108 valence electrons. The molecule has 0 amide bonds. The normalized spacial score (nSPS) is 11.1. The molecule has 3 aromatic heterocycles. The quantitative estimate of drug-likeness (QED) is 0.787. The summed E-state index contributed by atoms with van der Waals surface area (Å²) in [6.45, 7) is 4.79. The maximum atomic E-state index is 11.9. The minimum atomic E-state index is -0.0831. The molecular weight excluding hydrogens is 268 g/mol. The summed E-state index contributed by atoms with van der Waals surface area (Å²) in [5.74, 6) is 1.47. The second kappa shape index (κ2) is 5.49. The number of fused-ring (bicyclic) bond motifs is 1. The predicted molar refractivity (Wildman–Crippen MR) is 78.0 cm³/mol. The van der Waals surface area contributed by atoms with Gasteiger partial charge in [-0.25, -0.2) is 9.97 Å². The van der Waals surface area contributed by atoms with Crippen molar-refractivity contribution in [3.63, 3.8) is 0 Å². The number of nitrogens with zero attached hydrogens (tertiary/aromatic N) is 3. The summed E-state index contributed by atoms with van der Waals surface area (Å²) in [6, 6.07) is 7.01. The van der Waals surface area contributed by atoms with Crippen LogP contribution in [-0.4, -0.2) is 14.4 Å². The Morgan fingerprint density at radius 2 is 2.10 bits per heavy atom. The zero-order valence-corrected chi connectivity index (χ0v) is 12.0. The molecule has 3 heterocycles. The molecule has 0 aliphatic heterocycles. The van der Waals surface area contributed by atoms with E-state index in [2.05, 4.69) is 15.3 Å². The van der Waals surface area contributed by atoms with Crippen LogP contribution >= 0.6 is 0 Å². The van der Waals surface area contributed by atoms with Crippen LogP contribution in [0.3, 0.4) is 0 Å². The molecule has 3 rings (SSSR count). The summed E-state index contributed by atoms with van der Waals surface area (Å²) in [6.07, 6.45) is 1.71. The molecule has 0 spiro atoms. The topological polar surface area (TPSA) is 72.4 Å². The maximum Gasteiger partial charge on any atom is 0.258 e. The van der Waals surface area contributed by atoms with Crippen LogP contribution in [0.1, 0.15) is 23.0 Å². The van der Waals surface area contributed by atoms with Gasteiger partial charge in [-0.1, -0.05) is 6.07 Å². The summed E-state index contributed by atoms with van der Waals surface area (Å²) in [5, 5.41) is 3.18. The number of aromatic nitrogens is 3. The first kappa shape index (κ1) is 13.5. The van der Waals surface area contributed by atoms with Crippen molar-refractivity contribution in [3.05, 3.63) is 63.9 Å². The number of hydrogen-bond donors (Lipinski definition) is 1. The summed E-state index contributed by atoms with van der Waals surface area (Å²) in [4.78, 5) is 20.7. The van der Waals surface area contributed by atoms with Gasteiger partial charge in [0.05, 0.1) is 17.9 Å². The van der Waals surface area contributed by atoms with Crippen molar-refractivity contribution >= 4 is 5.65 Å². The highest BCUT2D eigenvalue weighted by atomic mass is 16.4. The molecule has 0 atom stereocenters. The first-order valence-corrected chi connectivity index (χ1v) is 6.74. The zero-order chi connectivity index (χ0) is 14.8. The van der Waals surface area contributed by atoms with Crippen LogP contribution in [0, 0.1) is 13.8 Å². The van der Waals surface area contributed by atoms with E-state index in [4.69, 9.17) is 4.42 Å². The summed E-state index contributed by atoms with van der Waals surface area (Å²) in [7, 11) is 0. The highest BCUT2D eigenvalue weighted by Gasteiger charge is 2.06. The van der Waals surface area contributed by atoms with Gasteiger partial charge in [0.15, 0.2) is 0 Å². The minimum absolute atomic E-state index is 0.0831. The molecule has 0 fully saturated rings. The lowest BCUT2D eigenvalue weighted by atomic mass is 10.3. The van der Waals surface area contributed by atoms with E-state index in [1.165, 1.54) is 10.5 Å². The van der Waals surface area contributed by atoms with Gasteiger partial charge in [-0.2, -0.15) is 0 Å². The molecule has 0 aliphatic rings. The van der Waals surface area contributed by atoms with Gasteiger partial charge in [0.1, 0.15) is 11.4 Å². The van der Waals surface area contributed by atoms with E-state index < -0.39 is 0 Å². The third kappa shape index (κ3) is 2.85. The SMILES string of the molecule is Cc1nc(CNCc2cc(=O)n3ccccc3n2)oc1C. The fraction of sp³-hybridized carbons (Fsp3) is 0.267. The number of oxazole rings is 1. The molecule has 0 aromatic carbocycles. The second-order valence-corrected chi connectivity index (χ2v) is 4.87. The van der Waals surface area contributed by atoms with E-state index in [1.807, 2.05) is 26.0 Å². The fourth-order valence-electron chi connectivity index (χ4n) is 2.11. The Bertz CT molecular complexity index is 816. The van der Waals surface area contributed by atoms with E-state index in [-0.39, 0.29) is 5.56 Å². The molecule has 3 aromatic rings. The zero-order valence-electron chi connectivity index (χ0n) is 12.0. The van der Waals surface area contributed by atoms with Gasteiger partial charge in [-0.3, -0.25) is 9.20 Å². The lowest BCUT2D eigenvalue weighted by Gasteiger charge is -2.04. The predicted octanol–water partition coefficient (Wildman–Crippen LogP) is 1.59. The number of aryl methyl sites for hydroxylation is 2. The average Bonchev–Trinajstić information content (AvgIpc) is 2.78. The van der Waals surface area contributed by atoms with Gasteiger partial charge in [0.25, 0.3) is 5.56 Å². The molecule has 6 nitrogen and oxygen atoms in total. The van der Waals surface area contributed by atoms with Crippen molar-refractivity contribution in [3.8, 4) is 0 Å². The second-order valence-electron chi connectivity index (χ2n) is 4.87. The van der Waals surface area contributed by atoms with Crippen LogP contribution in [0.25, 0.3) is 5.65 Å². The molecule has 0 aliphatic carbocycles. The van der Waals surface area contributed by atoms with E-state index in [9.17, 15) is 4.79 Å². The summed E-state index contributed by atoms with van der Waals surface area (Å²) in [5.41, 5.74) is 2.16. The molecule has 0 saturated heterocycles. The van der Waals surface area contributed by atoms with Crippen molar-refractivity contribution in [1.82, 2.24) is 19.7 Å². The average molecular weight is 284 g/mol. The van der Waals surface area contributed by atoms with E-state index >= 15 is 0 Å². The van der Waals surface area contributed by atoms with Crippen molar-refractivity contribution in [2.45, 2.75) is 26.9 Å². The fourth-order valence-corrected chi connectivity index (χ4v) is 2.11. The standard InChI is InChI=1S/C15H16N4O2/c1-10-11(2)21-14(17-10)9-16-8-12-7-15(20)19-6-4-3-5-13(19)18-12/h3-7,16H,8-9H2,1-2H3. The van der Waals surface area contributed by atoms with Crippen LogP contribution in [0.5, 0.6) is 0 Å². The van der Waals surface area contributed by atoms with E-state index in [0.717, 1.165) is 11.5 Å². The summed E-state index contributed by atoms with van der Waals surface area (Å²) >= 11 is 0. The Morgan fingerprint density at radius 1 is 1.24 bits per heavy atom. The molecule has 21 heavy (non-hydrogen) atoms. The highest BCUT2D eigenvalue weighted by molar-refractivity contribution is 5.37. The first-order chi connectivity index (χ1) is 10.1. The first-order valence-electron chi connectivity index (χ1n) is 6.74. The number of rotatable bonds is 4. The smallest absolute Gasteiger partial charge is 0.258 e. The van der Waals surface area contributed by atoms with Crippen LogP contribution in [0.2, 0.25) is 0 Å². The maximum absolute atomic E-state index is 11.9. The Balaban J connectivity index is 1.72. The van der Waals surface area contributed by atoms with Crippen molar-refractivity contribution in [2.75, 3.05) is 0 Å². The molecule has 6 heteroatoms. The molecule has 0 radical (unpaired) electrons. The number of pyridine rings is 1. The Morgan fingerprint density at radius 3 is 2.86 bits per heavy atom. The van der Waals surface area contributed by atoms with Gasteiger partial charge in [-0.05, 0) is 26.0 Å². The third-order valence-corrected chi connectivity index (χ3v) is 3.28. The Hall–Kier alpha value is -2.47. The summed E-state index contributed by atoms with van der Waals surface area (Å²) < 4.78 is 7.00. The number of nitrogens with one attached hydrogen (secondary N) is 1. The van der Waals surface area contributed by atoms with Crippen LogP contribution in [0.4, 0.5) is 0 Å². The van der Waals surface area contributed by atoms with Crippen LogP contribution < -0.4 is 10.9 Å². The van der Waals surface area contributed by atoms with Gasteiger partial charge in [0, 0.05) is 18.8 Å². The monoisotopic (exact) mass is 284 g/mol. The van der Waals surface area contributed by atoms with Crippen LogP contribution in [-0.2, 0) is 13.1 Å². The van der Waals surface area contributed by atoms with Crippen LogP contribution in [0.15, 0.2) is 39.7 Å². The highest BCUT2D eigenvalue weighted by Crippen LogP contribution is 2.08. The molecule has 0 unspecified atom stereocenters. The Labute approximate surface area is 121 Å². The largest absolute Gasteiger partial charge is 0.444 e. The minimum Gasteiger partial charge on any atom is -0.444 e. The molecule has 0 saturated carbocycles. The van der Waals surface area contributed by atoms with Gasteiger partial charge < -0.3 is 9.73 Å². The van der Waals surface area contributed by atoms with Gasteiger partial charge >= 0.3 is 0 Å². The lowest BCUT2D eigenvalue weighted by Crippen LogP contribution is -2.19. The van der Waals surface area contributed by atoms with E-state index in [1.54, 1.807) is 12.3 Å². The van der Waals surface area contributed by atoms with Gasteiger partial charge in [-0.15, -0.1) is 0 Å². The molecule has 1 N–H and O–H groups in total. The van der Waals surface area contributed by atoms with E-state index in [0.29, 0.717) is 30.3 Å².